The van der Waals surface area contributed by atoms with Crippen LogP contribution in [0, 0.1) is 0 Å². The maximum Gasteiger partial charge on any atom is 0.255 e. The lowest BCUT2D eigenvalue weighted by atomic mass is 10.2. The van der Waals surface area contributed by atoms with Gasteiger partial charge >= 0.3 is 0 Å². The van der Waals surface area contributed by atoms with E-state index in [-0.39, 0.29) is 17.9 Å². The molecule has 4 aromatic rings. The molecule has 0 saturated carbocycles. The number of aromatic nitrogens is 4. The van der Waals surface area contributed by atoms with Crippen molar-refractivity contribution in [2.45, 2.75) is 44.8 Å². The molecule has 0 radical (unpaired) electrons. The standard InChI is InChI=1S/C32H38N6O5/c1-41-26-9-7-24-22-28(26)43-21-5-15-36(32(40)27-6-4-20-42-27)13-2-3-14-37(19-18-35-16-12-34-30(24)35)31(39)25-8-10-29-33-11-17-38(29)23-25/h7-12,16-17,22-23,27H,2-6,13-15,18-21H2,1H3. The molecule has 226 valence electrons. The number of ether oxygens (including phenoxy) is 3. The summed E-state index contributed by atoms with van der Waals surface area (Å²) < 4.78 is 21.4. The second-order valence-electron chi connectivity index (χ2n) is 10.9. The van der Waals surface area contributed by atoms with Gasteiger partial charge in [0.1, 0.15) is 17.6 Å². The first kappa shape index (κ1) is 28.7. The topological polar surface area (TPSA) is 103 Å². The van der Waals surface area contributed by atoms with E-state index >= 15 is 0 Å². The normalized spacial score (nSPS) is 18.6. The van der Waals surface area contributed by atoms with Gasteiger partial charge < -0.3 is 33.0 Å². The Morgan fingerprint density at radius 1 is 0.884 bits per heavy atom. The van der Waals surface area contributed by atoms with Crippen LogP contribution in [-0.4, -0.2) is 93.2 Å². The van der Waals surface area contributed by atoms with Gasteiger partial charge in [-0.2, -0.15) is 0 Å². The van der Waals surface area contributed by atoms with E-state index in [1.807, 2.05) is 63.1 Å². The van der Waals surface area contributed by atoms with Crippen molar-refractivity contribution in [3.05, 3.63) is 66.9 Å². The zero-order chi connectivity index (χ0) is 29.6. The molecule has 43 heavy (non-hydrogen) atoms. The van der Waals surface area contributed by atoms with E-state index in [9.17, 15) is 9.59 Å². The minimum atomic E-state index is -0.370. The molecule has 1 fully saturated rings. The SMILES string of the molecule is COc1ccc2cc1OCCCN(C(=O)C1CCCO1)CCCCN(C(=O)c1ccc3nccn3c1)CCn1ccnc1-2. The van der Waals surface area contributed by atoms with E-state index in [4.69, 9.17) is 14.2 Å². The summed E-state index contributed by atoms with van der Waals surface area (Å²) in [7, 11) is 1.62. The molecular weight excluding hydrogens is 548 g/mol. The molecule has 1 saturated heterocycles. The van der Waals surface area contributed by atoms with Gasteiger partial charge in [0.2, 0.25) is 0 Å². The molecule has 5 heterocycles. The smallest absolute Gasteiger partial charge is 0.255 e. The molecule has 11 heteroatoms. The van der Waals surface area contributed by atoms with Crippen molar-refractivity contribution in [2.75, 3.05) is 46.5 Å². The van der Waals surface area contributed by atoms with Gasteiger partial charge in [0.05, 0.1) is 19.3 Å². The summed E-state index contributed by atoms with van der Waals surface area (Å²) in [6.45, 7) is 3.88. The molecule has 0 spiro atoms. The van der Waals surface area contributed by atoms with E-state index in [1.54, 1.807) is 19.5 Å². The molecule has 6 rings (SSSR count). The Balaban J connectivity index is 1.27. The third-order valence-corrected chi connectivity index (χ3v) is 8.12. The predicted molar refractivity (Wildman–Crippen MR) is 160 cm³/mol. The Hall–Kier alpha value is -4.38. The second-order valence-corrected chi connectivity index (χ2v) is 10.9. The molecule has 2 amide bonds. The highest BCUT2D eigenvalue weighted by atomic mass is 16.5. The van der Waals surface area contributed by atoms with Gasteiger partial charge in [0.25, 0.3) is 11.8 Å². The average molecular weight is 587 g/mol. The first-order valence-electron chi connectivity index (χ1n) is 15.1. The van der Waals surface area contributed by atoms with E-state index < -0.39 is 0 Å². The average Bonchev–Trinajstić information content (AvgIpc) is 3.82. The van der Waals surface area contributed by atoms with Crippen LogP contribution in [0.3, 0.4) is 0 Å². The third-order valence-electron chi connectivity index (χ3n) is 8.12. The first-order chi connectivity index (χ1) is 21.1. The zero-order valence-corrected chi connectivity index (χ0v) is 24.6. The fourth-order valence-corrected chi connectivity index (χ4v) is 5.80. The van der Waals surface area contributed by atoms with E-state index in [0.29, 0.717) is 69.4 Å². The van der Waals surface area contributed by atoms with Gasteiger partial charge in [0, 0.05) is 75.9 Å². The largest absolute Gasteiger partial charge is 0.493 e. The van der Waals surface area contributed by atoms with Crippen LogP contribution in [0.5, 0.6) is 11.5 Å². The Morgan fingerprint density at radius 2 is 1.72 bits per heavy atom. The second kappa shape index (κ2) is 13.3. The van der Waals surface area contributed by atoms with Crippen LogP contribution in [0.1, 0.15) is 42.5 Å². The van der Waals surface area contributed by atoms with Crippen LogP contribution in [0.15, 0.2) is 61.3 Å². The number of nitrogens with zero attached hydrogens (tertiary/aromatic N) is 6. The quantitative estimate of drug-likeness (QED) is 0.359. The summed E-state index contributed by atoms with van der Waals surface area (Å²) in [5, 5.41) is 0. The Kier molecular flexibility index (Phi) is 8.88. The predicted octanol–water partition coefficient (Wildman–Crippen LogP) is 3.92. The molecule has 1 unspecified atom stereocenters. The number of carbonyl (C=O) groups is 2. The third kappa shape index (κ3) is 6.51. The van der Waals surface area contributed by atoms with Gasteiger partial charge in [-0.25, -0.2) is 9.97 Å². The summed E-state index contributed by atoms with van der Waals surface area (Å²) in [5.74, 6) is 2.06. The molecule has 11 nitrogen and oxygen atoms in total. The zero-order valence-electron chi connectivity index (χ0n) is 24.6. The Morgan fingerprint density at radius 3 is 2.56 bits per heavy atom. The number of hydrogen-bond acceptors (Lipinski definition) is 7. The van der Waals surface area contributed by atoms with E-state index in [1.165, 1.54) is 0 Å². The van der Waals surface area contributed by atoms with E-state index in [2.05, 4.69) is 14.5 Å². The van der Waals surface area contributed by atoms with Crippen LogP contribution in [0.4, 0.5) is 0 Å². The first-order valence-corrected chi connectivity index (χ1v) is 15.1. The Bertz CT molecular complexity index is 1560. The lowest BCUT2D eigenvalue weighted by Crippen LogP contribution is -2.41. The molecular formula is C32H38N6O5. The number of amides is 2. The summed E-state index contributed by atoms with van der Waals surface area (Å²) in [5.41, 5.74) is 2.29. The number of fused-ring (bicyclic) bond motifs is 5. The van der Waals surface area contributed by atoms with Crippen molar-refractivity contribution < 1.29 is 23.8 Å². The lowest BCUT2D eigenvalue weighted by molar-refractivity contribution is -0.141. The minimum Gasteiger partial charge on any atom is -0.493 e. The summed E-state index contributed by atoms with van der Waals surface area (Å²) in [6, 6.07) is 9.47. The van der Waals surface area contributed by atoms with Crippen LogP contribution in [-0.2, 0) is 16.1 Å². The van der Waals surface area contributed by atoms with Gasteiger partial charge in [-0.3, -0.25) is 9.59 Å². The molecule has 0 N–H and O–H groups in total. The van der Waals surface area contributed by atoms with Crippen molar-refractivity contribution >= 4 is 17.5 Å². The summed E-state index contributed by atoms with van der Waals surface area (Å²) in [4.78, 5) is 39.9. The minimum absolute atomic E-state index is 0.0393. The Labute approximate surface area is 251 Å². The van der Waals surface area contributed by atoms with Crippen LogP contribution in [0.25, 0.3) is 17.0 Å². The number of rotatable bonds is 3. The fourth-order valence-electron chi connectivity index (χ4n) is 5.80. The molecule has 2 bridgehead atoms. The maximum atomic E-state index is 13.8. The van der Waals surface area contributed by atoms with Gasteiger partial charge in [-0.1, -0.05) is 0 Å². The van der Waals surface area contributed by atoms with Crippen molar-refractivity contribution in [2.24, 2.45) is 0 Å². The fraction of sp³-hybridized carbons (Fsp3) is 0.438. The number of carbonyl (C=O) groups excluding carboxylic acids is 2. The maximum absolute atomic E-state index is 13.8. The van der Waals surface area contributed by atoms with Crippen molar-refractivity contribution in [1.29, 1.82) is 0 Å². The number of pyridine rings is 1. The van der Waals surface area contributed by atoms with E-state index in [0.717, 1.165) is 42.7 Å². The van der Waals surface area contributed by atoms with Crippen LogP contribution >= 0.6 is 0 Å². The molecule has 2 aliphatic heterocycles. The summed E-state index contributed by atoms with van der Waals surface area (Å²) in [6.07, 6.45) is 12.6. The molecule has 1 atom stereocenters. The molecule has 2 aliphatic rings. The highest BCUT2D eigenvalue weighted by molar-refractivity contribution is 5.94. The van der Waals surface area contributed by atoms with Crippen molar-refractivity contribution in [1.82, 2.24) is 28.7 Å². The van der Waals surface area contributed by atoms with Crippen molar-refractivity contribution in [3.63, 3.8) is 0 Å². The number of hydrogen-bond donors (Lipinski definition) is 0. The number of methoxy groups -OCH3 is 1. The lowest BCUT2D eigenvalue weighted by Gasteiger charge is -2.27. The molecule has 1 aromatic carbocycles. The molecule has 0 aliphatic carbocycles. The number of benzene rings is 1. The molecule has 3 aromatic heterocycles. The van der Waals surface area contributed by atoms with Crippen molar-refractivity contribution in [3.8, 4) is 22.9 Å². The van der Waals surface area contributed by atoms with Gasteiger partial charge in [0.15, 0.2) is 11.5 Å². The summed E-state index contributed by atoms with van der Waals surface area (Å²) >= 11 is 0. The van der Waals surface area contributed by atoms with Crippen LogP contribution in [0.2, 0.25) is 0 Å². The highest BCUT2D eigenvalue weighted by Crippen LogP contribution is 2.32. The monoisotopic (exact) mass is 586 g/mol. The van der Waals surface area contributed by atoms with Gasteiger partial charge in [-0.15, -0.1) is 0 Å². The van der Waals surface area contributed by atoms with Crippen LogP contribution < -0.4 is 9.47 Å². The highest BCUT2D eigenvalue weighted by Gasteiger charge is 2.28. The van der Waals surface area contributed by atoms with Gasteiger partial charge in [-0.05, 0) is 62.4 Å². The number of imidazole rings is 2.